The fraction of sp³-hybridized carbons (Fsp3) is 0.143. The highest BCUT2D eigenvalue weighted by molar-refractivity contribution is 7.80. The summed E-state index contributed by atoms with van der Waals surface area (Å²) in [6.07, 6.45) is 1.73. The van der Waals surface area contributed by atoms with Gasteiger partial charge in [0.1, 0.15) is 0 Å². The van der Waals surface area contributed by atoms with Crippen LogP contribution in [0.1, 0.15) is 5.69 Å². The molecule has 0 aliphatic carbocycles. The zero-order valence-corrected chi connectivity index (χ0v) is 7.27. The molecule has 1 rings (SSSR count). The fourth-order valence-electron chi connectivity index (χ4n) is 0.725. The molecule has 0 radical (unpaired) electrons. The van der Waals surface area contributed by atoms with Gasteiger partial charge in [0.25, 0.3) is 0 Å². The van der Waals surface area contributed by atoms with Crippen LogP contribution in [0.3, 0.4) is 0 Å². The summed E-state index contributed by atoms with van der Waals surface area (Å²) < 4.78 is 0. The SMILES string of the molecule is NNC(=S)NCc1ccccn1. The van der Waals surface area contributed by atoms with Crippen molar-refractivity contribution in [1.29, 1.82) is 0 Å². The molecular formula is C7H10N4S. The average molecular weight is 182 g/mol. The van der Waals surface area contributed by atoms with Crippen LogP contribution in [-0.2, 0) is 6.54 Å². The van der Waals surface area contributed by atoms with E-state index in [0.29, 0.717) is 11.7 Å². The molecule has 0 bridgehead atoms. The molecule has 0 unspecified atom stereocenters. The minimum Gasteiger partial charge on any atom is -0.356 e. The van der Waals surface area contributed by atoms with Crippen LogP contribution in [-0.4, -0.2) is 10.1 Å². The van der Waals surface area contributed by atoms with Crippen LogP contribution in [0.4, 0.5) is 0 Å². The van der Waals surface area contributed by atoms with E-state index >= 15 is 0 Å². The molecule has 0 aliphatic rings. The van der Waals surface area contributed by atoms with Gasteiger partial charge in [-0.2, -0.15) is 0 Å². The molecule has 0 fully saturated rings. The van der Waals surface area contributed by atoms with Crippen molar-refractivity contribution in [1.82, 2.24) is 15.7 Å². The zero-order valence-electron chi connectivity index (χ0n) is 6.45. The van der Waals surface area contributed by atoms with Crippen LogP contribution in [0.2, 0.25) is 0 Å². The number of rotatable bonds is 2. The van der Waals surface area contributed by atoms with Gasteiger partial charge in [-0.15, -0.1) is 0 Å². The Hall–Kier alpha value is -1.20. The van der Waals surface area contributed by atoms with Gasteiger partial charge >= 0.3 is 0 Å². The van der Waals surface area contributed by atoms with Gasteiger partial charge in [0.05, 0.1) is 12.2 Å². The molecule has 64 valence electrons. The van der Waals surface area contributed by atoms with Crippen LogP contribution in [0.5, 0.6) is 0 Å². The lowest BCUT2D eigenvalue weighted by Crippen LogP contribution is -2.39. The monoisotopic (exact) mass is 182 g/mol. The summed E-state index contributed by atoms with van der Waals surface area (Å²) in [5.74, 6) is 5.06. The number of hydrazine groups is 1. The Labute approximate surface area is 76.1 Å². The van der Waals surface area contributed by atoms with Gasteiger partial charge in [-0.25, -0.2) is 5.84 Å². The van der Waals surface area contributed by atoms with E-state index < -0.39 is 0 Å². The number of aromatic nitrogens is 1. The molecule has 0 atom stereocenters. The normalized spacial score (nSPS) is 9.08. The Kier molecular flexibility index (Phi) is 3.43. The Morgan fingerprint density at radius 3 is 3.00 bits per heavy atom. The van der Waals surface area contributed by atoms with E-state index in [4.69, 9.17) is 18.1 Å². The predicted molar refractivity (Wildman–Crippen MR) is 51.0 cm³/mol. The van der Waals surface area contributed by atoms with Crippen molar-refractivity contribution in [3.8, 4) is 0 Å². The third kappa shape index (κ3) is 2.81. The Morgan fingerprint density at radius 2 is 2.42 bits per heavy atom. The Bertz CT molecular complexity index is 249. The maximum Gasteiger partial charge on any atom is 0.180 e. The van der Waals surface area contributed by atoms with E-state index in [1.807, 2.05) is 18.2 Å². The molecule has 0 aromatic carbocycles. The summed E-state index contributed by atoms with van der Waals surface area (Å²) in [7, 11) is 0. The molecule has 0 aliphatic heterocycles. The molecule has 0 amide bonds. The maximum atomic E-state index is 5.06. The molecular weight excluding hydrogens is 172 g/mol. The Balaban J connectivity index is 2.38. The fourth-order valence-corrected chi connectivity index (χ4v) is 0.797. The molecule has 1 aromatic rings. The molecule has 1 aromatic heterocycles. The summed E-state index contributed by atoms with van der Waals surface area (Å²) in [6.45, 7) is 0.587. The minimum atomic E-state index is 0.417. The average Bonchev–Trinajstić information content (AvgIpc) is 2.16. The van der Waals surface area contributed by atoms with Gasteiger partial charge in [-0.05, 0) is 24.4 Å². The predicted octanol–water partition coefficient (Wildman–Crippen LogP) is -0.0806. The summed E-state index contributed by atoms with van der Waals surface area (Å²) in [4.78, 5) is 4.09. The lowest BCUT2D eigenvalue weighted by Gasteiger charge is -2.04. The number of pyridine rings is 1. The summed E-state index contributed by atoms with van der Waals surface area (Å²) in [5, 5.41) is 3.30. The number of thiocarbonyl (C=S) groups is 1. The first-order valence-corrected chi connectivity index (χ1v) is 3.88. The van der Waals surface area contributed by atoms with Gasteiger partial charge in [-0.1, -0.05) is 6.07 Å². The van der Waals surface area contributed by atoms with Crippen LogP contribution >= 0.6 is 12.2 Å². The second-order valence-corrected chi connectivity index (χ2v) is 2.56. The second kappa shape index (κ2) is 4.63. The van der Waals surface area contributed by atoms with E-state index in [0.717, 1.165) is 5.69 Å². The van der Waals surface area contributed by atoms with Crippen molar-refractivity contribution < 1.29 is 0 Å². The third-order valence-electron chi connectivity index (χ3n) is 1.29. The topological polar surface area (TPSA) is 63.0 Å². The van der Waals surface area contributed by atoms with Gasteiger partial charge in [0.2, 0.25) is 0 Å². The molecule has 0 saturated heterocycles. The van der Waals surface area contributed by atoms with E-state index in [1.54, 1.807) is 6.20 Å². The lowest BCUT2D eigenvalue weighted by molar-refractivity contribution is 0.839. The lowest BCUT2D eigenvalue weighted by atomic mass is 10.3. The number of nitrogens with zero attached hydrogens (tertiary/aromatic N) is 1. The summed E-state index contributed by atoms with van der Waals surface area (Å²) in [6, 6.07) is 5.69. The van der Waals surface area contributed by atoms with Crippen molar-refractivity contribution in [2.24, 2.45) is 5.84 Å². The number of nitrogens with two attached hydrogens (primary N) is 1. The smallest absolute Gasteiger partial charge is 0.180 e. The van der Waals surface area contributed by atoms with Crippen LogP contribution < -0.4 is 16.6 Å². The first kappa shape index (κ1) is 8.89. The summed E-state index contributed by atoms with van der Waals surface area (Å²) in [5.41, 5.74) is 3.25. The molecule has 12 heavy (non-hydrogen) atoms. The van der Waals surface area contributed by atoms with Gasteiger partial charge < -0.3 is 10.7 Å². The highest BCUT2D eigenvalue weighted by atomic mass is 32.1. The van der Waals surface area contributed by atoms with E-state index in [1.165, 1.54) is 0 Å². The largest absolute Gasteiger partial charge is 0.356 e. The van der Waals surface area contributed by atoms with Crippen LogP contribution in [0.15, 0.2) is 24.4 Å². The van der Waals surface area contributed by atoms with Crippen molar-refractivity contribution in [3.63, 3.8) is 0 Å². The van der Waals surface area contributed by atoms with E-state index in [9.17, 15) is 0 Å². The van der Waals surface area contributed by atoms with E-state index in [-0.39, 0.29) is 0 Å². The zero-order chi connectivity index (χ0) is 8.81. The first-order valence-electron chi connectivity index (χ1n) is 3.47. The highest BCUT2D eigenvalue weighted by Crippen LogP contribution is 1.91. The van der Waals surface area contributed by atoms with Crippen LogP contribution in [0.25, 0.3) is 0 Å². The number of nitrogens with one attached hydrogen (secondary N) is 2. The van der Waals surface area contributed by atoms with Crippen LogP contribution in [0, 0.1) is 0 Å². The van der Waals surface area contributed by atoms with E-state index in [2.05, 4.69) is 15.7 Å². The van der Waals surface area contributed by atoms with Crippen molar-refractivity contribution >= 4 is 17.3 Å². The maximum absolute atomic E-state index is 5.06. The number of hydrogen-bond acceptors (Lipinski definition) is 3. The molecule has 4 N–H and O–H groups in total. The molecule has 5 heteroatoms. The van der Waals surface area contributed by atoms with Gasteiger partial charge in [0, 0.05) is 6.20 Å². The minimum absolute atomic E-state index is 0.417. The van der Waals surface area contributed by atoms with Crippen molar-refractivity contribution in [3.05, 3.63) is 30.1 Å². The van der Waals surface area contributed by atoms with Crippen molar-refractivity contribution in [2.75, 3.05) is 0 Å². The quantitative estimate of drug-likeness (QED) is 0.339. The molecule has 1 heterocycles. The third-order valence-corrected chi connectivity index (χ3v) is 1.55. The van der Waals surface area contributed by atoms with Gasteiger partial charge in [-0.3, -0.25) is 4.98 Å². The number of hydrogen-bond donors (Lipinski definition) is 3. The second-order valence-electron chi connectivity index (χ2n) is 2.15. The van der Waals surface area contributed by atoms with Crippen molar-refractivity contribution in [2.45, 2.75) is 6.54 Å². The Morgan fingerprint density at radius 1 is 1.58 bits per heavy atom. The standard InChI is InChI=1S/C7H10N4S/c8-11-7(12)10-5-6-3-1-2-4-9-6/h1-4H,5,8H2,(H2,10,11,12). The molecule has 4 nitrogen and oxygen atoms in total. The highest BCUT2D eigenvalue weighted by Gasteiger charge is 1.93. The first-order chi connectivity index (χ1) is 5.83. The summed E-state index contributed by atoms with van der Waals surface area (Å²) >= 11 is 4.78. The van der Waals surface area contributed by atoms with Gasteiger partial charge in [0.15, 0.2) is 5.11 Å². The molecule has 0 spiro atoms. The molecule has 0 saturated carbocycles.